The van der Waals surface area contributed by atoms with Crippen molar-refractivity contribution in [1.82, 2.24) is 19.8 Å². The number of rotatable bonds is 7. The molecule has 4 heterocycles. The Labute approximate surface area is 261 Å². The maximum Gasteiger partial charge on any atom is 0.319 e. The van der Waals surface area contributed by atoms with Gasteiger partial charge in [-0.3, -0.25) is 9.69 Å². The molecular weight excluding hydrogens is 574 g/mol. The Morgan fingerprint density at radius 1 is 1.18 bits per heavy atom. The molecule has 8 rings (SSSR count). The van der Waals surface area contributed by atoms with E-state index < -0.39 is 17.5 Å². The minimum atomic E-state index is -0.894. The minimum absolute atomic E-state index is 0.0592. The number of aromatic nitrogens is 2. The highest BCUT2D eigenvalue weighted by Gasteiger charge is 2.50. The van der Waals surface area contributed by atoms with Crippen LogP contribution in [0, 0.1) is 18.3 Å². The van der Waals surface area contributed by atoms with Gasteiger partial charge in [0.25, 0.3) is 0 Å². The number of anilines is 1. The van der Waals surface area contributed by atoms with Gasteiger partial charge in [0.2, 0.25) is 12.5 Å². The van der Waals surface area contributed by atoms with Gasteiger partial charge in [-0.05, 0) is 72.9 Å². The molecule has 2 aliphatic carbocycles. The Kier molecular flexibility index (Phi) is 6.79. The summed E-state index contributed by atoms with van der Waals surface area (Å²) in [6.45, 7) is 13.9. The molecule has 3 aliphatic heterocycles. The SMILES string of the molecule is [C-]#[N+]C[C@H]1CN(c2nc(OC[C@@]34CCCN3C[C@H](F)C4)nc3c(F)c(-c4cccc5c4C4CC4C5)ccc23)CCN1C(=O)C=C. The molecule has 3 aromatic rings. The summed E-state index contributed by atoms with van der Waals surface area (Å²) in [6, 6.07) is 9.58. The third-order valence-corrected chi connectivity index (χ3v) is 10.8. The molecule has 0 radical (unpaired) electrons. The summed E-state index contributed by atoms with van der Waals surface area (Å²) in [4.78, 5) is 31.5. The number of benzene rings is 2. The Balaban J connectivity index is 1.20. The van der Waals surface area contributed by atoms with Crippen LogP contribution in [0.3, 0.4) is 0 Å². The van der Waals surface area contributed by atoms with Crippen molar-refractivity contribution in [3.05, 3.63) is 71.3 Å². The normalized spacial score (nSPS) is 28.5. The molecule has 5 atom stereocenters. The summed E-state index contributed by atoms with van der Waals surface area (Å²) < 4.78 is 37.6. The highest BCUT2D eigenvalue weighted by atomic mass is 19.1. The maximum atomic E-state index is 16.8. The van der Waals surface area contributed by atoms with Crippen molar-refractivity contribution in [2.45, 2.75) is 55.8 Å². The molecule has 4 fully saturated rings. The van der Waals surface area contributed by atoms with E-state index in [0.29, 0.717) is 61.2 Å². The van der Waals surface area contributed by atoms with Crippen LogP contribution < -0.4 is 9.64 Å². The fourth-order valence-electron chi connectivity index (χ4n) is 8.58. The van der Waals surface area contributed by atoms with E-state index >= 15 is 4.39 Å². The van der Waals surface area contributed by atoms with Gasteiger partial charge in [-0.15, -0.1) is 0 Å². The van der Waals surface area contributed by atoms with Crippen LogP contribution in [-0.2, 0) is 11.2 Å². The number of hydrogen-bond donors (Lipinski definition) is 0. The Morgan fingerprint density at radius 2 is 2.07 bits per heavy atom. The highest BCUT2D eigenvalue weighted by Crippen LogP contribution is 2.59. The molecule has 45 heavy (non-hydrogen) atoms. The van der Waals surface area contributed by atoms with Crippen molar-refractivity contribution in [3.8, 4) is 17.1 Å². The Hall–Kier alpha value is -4.10. The molecule has 0 spiro atoms. The van der Waals surface area contributed by atoms with Gasteiger partial charge in [0.1, 0.15) is 30.2 Å². The first-order chi connectivity index (χ1) is 21.9. The van der Waals surface area contributed by atoms with E-state index in [1.165, 1.54) is 17.2 Å². The number of fused-ring (bicyclic) bond motifs is 5. The number of carbonyl (C=O) groups is 1. The van der Waals surface area contributed by atoms with E-state index in [1.54, 1.807) is 4.90 Å². The smallest absolute Gasteiger partial charge is 0.319 e. The lowest BCUT2D eigenvalue weighted by atomic mass is 9.93. The predicted molar refractivity (Wildman–Crippen MR) is 167 cm³/mol. The average molecular weight is 611 g/mol. The van der Waals surface area contributed by atoms with E-state index in [2.05, 4.69) is 27.4 Å². The summed E-state index contributed by atoms with van der Waals surface area (Å²) >= 11 is 0. The third kappa shape index (κ3) is 4.66. The fraction of sp³-hybridized carbons (Fsp3) is 0.486. The second kappa shape index (κ2) is 10.8. The molecule has 232 valence electrons. The monoisotopic (exact) mass is 610 g/mol. The van der Waals surface area contributed by atoms with Crippen LogP contribution >= 0.6 is 0 Å². The lowest BCUT2D eigenvalue weighted by Crippen LogP contribution is -2.56. The molecule has 10 heteroatoms. The van der Waals surface area contributed by atoms with Crippen molar-refractivity contribution in [2.75, 3.05) is 50.8 Å². The first-order valence-corrected chi connectivity index (χ1v) is 16.0. The zero-order chi connectivity index (χ0) is 30.9. The zero-order valence-corrected chi connectivity index (χ0v) is 25.2. The maximum absolute atomic E-state index is 16.8. The van der Waals surface area contributed by atoms with E-state index in [-0.39, 0.29) is 36.6 Å². The molecule has 3 saturated heterocycles. The van der Waals surface area contributed by atoms with Crippen molar-refractivity contribution in [1.29, 1.82) is 0 Å². The number of carbonyl (C=O) groups excluding carboxylic acids is 1. The first kappa shape index (κ1) is 28.4. The Bertz CT molecular complexity index is 1760. The van der Waals surface area contributed by atoms with Crippen LogP contribution in [0.2, 0.25) is 0 Å². The van der Waals surface area contributed by atoms with Crippen molar-refractivity contribution >= 4 is 22.6 Å². The van der Waals surface area contributed by atoms with Gasteiger partial charge in [-0.2, -0.15) is 9.97 Å². The predicted octanol–water partition coefficient (Wildman–Crippen LogP) is 5.17. The Morgan fingerprint density at radius 3 is 2.91 bits per heavy atom. The largest absolute Gasteiger partial charge is 0.461 e. The topological polar surface area (TPSA) is 66.2 Å². The quantitative estimate of drug-likeness (QED) is 0.272. The van der Waals surface area contributed by atoms with E-state index in [1.807, 2.05) is 29.2 Å². The second-order valence-corrected chi connectivity index (χ2v) is 13.4. The van der Waals surface area contributed by atoms with Crippen LogP contribution in [0.4, 0.5) is 14.6 Å². The molecule has 1 aromatic heterocycles. The summed E-state index contributed by atoms with van der Waals surface area (Å²) in [7, 11) is 0. The van der Waals surface area contributed by atoms with Crippen molar-refractivity contribution < 1.29 is 18.3 Å². The van der Waals surface area contributed by atoms with Crippen LogP contribution in [0.1, 0.15) is 42.7 Å². The molecule has 1 amide bonds. The lowest BCUT2D eigenvalue weighted by molar-refractivity contribution is -0.128. The molecule has 0 bridgehead atoms. The van der Waals surface area contributed by atoms with Crippen molar-refractivity contribution in [3.63, 3.8) is 0 Å². The minimum Gasteiger partial charge on any atom is -0.461 e. The summed E-state index contributed by atoms with van der Waals surface area (Å²) in [5, 5.41) is 0.552. The zero-order valence-electron chi connectivity index (χ0n) is 25.2. The van der Waals surface area contributed by atoms with Gasteiger partial charge in [0, 0.05) is 43.5 Å². The molecular formula is C35H36F2N6O2. The van der Waals surface area contributed by atoms with E-state index in [4.69, 9.17) is 16.3 Å². The second-order valence-electron chi connectivity index (χ2n) is 13.4. The van der Waals surface area contributed by atoms with Gasteiger partial charge < -0.3 is 19.4 Å². The van der Waals surface area contributed by atoms with Gasteiger partial charge in [0.15, 0.2) is 5.82 Å². The number of hydrogen-bond acceptors (Lipinski definition) is 6. The summed E-state index contributed by atoms with van der Waals surface area (Å²) in [5.74, 6) is 1.05. The molecule has 5 aliphatic rings. The lowest BCUT2D eigenvalue weighted by Gasteiger charge is -2.39. The number of amides is 1. The summed E-state index contributed by atoms with van der Waals surface area (Å²) in [5.41, 5.74) is 3.79. The summed E-state index contributed by atoms with van der Waals surface area (Å²) in [6.07, 6.45) is 4.82. The number of alkyl halides is 1. The fourth-order valence-corrected chi connectivity index (χ4v) is 8.58. The van der Waals surface area contributed by atoms with Crippen LogP contribution in [0.25, 0.3) is 26.9 Å². The first-order valence-electron chi connectivity index (χ1n) is 16.0. The third-order valence-electron chi connectivity index (χ3n) is 10.8. The van der Waals surface area contributed by atoms with E-state index in [9.17, 15) is 9.18 Å². The number of nitrogens with zero attached hydrogens (tertiary/aromatic N) is 6. The van der Waals surface area contributed by atoms with Crippen LogP contribution in [0.5, 0.6) is 6.01 Å². The average Bonchev–Trinajstić information content (AvgIpc) is 3.37. The number of halogens is 2. The molecule has 2 aromatic carbocycles. The van der Waals surface area contributed by atoms with Crippen molar-refractivity contribution in [2.24, 2.45) is 5.92 Å². The number of piperazine rings is 1. The highest BCUT2D eigenvalue weighted by molar-refractivity contribution is 5.94. The van der Waals surface area contributed by atoms with Gasteiger partial charge in [-0.25, -0.2) is 15.4 Å². The molecule has 0 N–H and O–H groups in total. The van der Waals surface area contributed by atoms with Gasteiger partial charge in [-0.1, -0.05) is 30.8 Å². The molecule has 2 unspecified atom stereocenters. The van der Waals surface area contributed by atoms with Gasteiger partial charge in [0.05, 0.1) is 5.54 Å². The molecule has 8 nitrogen and oxygen atoms in total. The van der Waals surface area contributed by atoms with E-state index in [0.717, 1.165) is 37.8 Å². The van der Waals surface area contributed by atoms with Crippen LogP contribution in [-0.4, -0.2) is 89.3 Å². The number of ether oxygens (including phenoxy) is 1. The standard InChI is InChI=1S/C35H36F2N6O2/c1-3-29(44)43-13-12-41(19-24(43)17-38-2)33-27-9-8-26(25-7-4-6-21-14-22-15-28(22)30(21)25)31(37)32(27)39-34(40-33)45-20-35-10-5-11-42(35)18-23(36)16-35/h3-4,6-9,22-24,28H,1,5,10-20H2/t22?,23-,24+,28?,35+/m1/s1. The van der Waals surface area contributed by atoms with Gasteiger partial charge >= 0.3 is 6.01 Å². The molecule has 1 saturated carbocycles. The van der Waals surface area contributed by atoms with Crippen LogP contribution in [0.15, 0.2) is 43.0 Å².